The van der Waals surface area contributed by atoms with E-state index in [9.17, 15) is 4.55 Å². The fraction of sp³-hybridized carbons (Fsp3) is 0.545. The number of hydrogen-bond acceptors (Lipinski definition) is 5. The van der Waals surface area contributed by atoms with Gasteiger partial charge in [-0.05, 0) is 58.1 Å². The van der Waals surface area contributed by atoms with Crippen LogP contribution in [-0.4, -0.2) is 61.9 Å². The molecule has 1 radical (unpaired) electrons. The summed E-state index contributed by atoms with van der Waals surface area (Å²) in [5, 5.41) is 0. The van der Waals surface area contributed by atoms with Crippen molar-refractivity contribution in [1.29, 1.82) is 0 Å². The molecule has 1 spiro atoms. The molecule has 2 atom stereocenters. The van der Waals surface area contributed by atoms with Gasteiger partial charge in [0.25, 0.3) is 0 Å². The molecule has 2 aliphatic rings. The quantitative estimate of drug-likeness (QED) is 0.418. The van der Waals surface area contributed by atoms with Gasteiger partial charge in [0.05, 0.1) is 17.9 Å². The molecular formula is C22H30N4NaOS2. The summed E-state index contributed by atoms with van der Waals surface area (Å²) in [6.07, 6.45) is 4.85. The van der Waals surface area contributed by atoms with Gasteiger partial charge >= 0.3 is 0 Å². The van der Waals surface area contributed by atoms with Crippen molar-refractivity contribution in [3.8, 4) is 0 Å². The van der Waals surface area contributed by atoms with Gasteiger partial charge in [0.15, 0.2) is 0 Å². The Morgan fingerprint density at radius 1 is 1.27 bits per heavy atom. The van der Waals surface area contributed by atoms with Gasteiger partial charge in [-0.3, -0.25) is 0 Å². The van der Waals surface area contributed by atoms with Crippen LogP contribution in [0.15, 0.2) is 30.5 Å². The number of aryl methyl sites for hydroxylation is 1. The molecule has 30 heavy (non-hydrogen) atoms. The largest absolute Gasteiger partial charge is 0.598 e. The molecule has 0 bridgehead atoms. The van der Waals surface area contributed by atoms with Gasteiger partial charge < -0.3 is 14.4 Å². The number of rotatable bonds is 3. The van der Waals surface area contributed by atoms with Crippen LogP contribution in [0.2, 0.25) is 0 Å². The maximum Gasteiger partial charge on any atom is 0.147 e. The normalized spacial score (nSPS) is 21.2. The van der Waals surface area contributed by atoms with Gasteiger partial charge in [0.1, 0.15) is 15.2 Å². The Labute approximate surface area is 210 Å². The van der Waals surface area contributed by atoms with E-state index in [2.05, 4.69) is 43.9 Å². The van der Waals surface area contributed by atoms with Crippen molar-refractivity contribution in [2.45, 2.75) is 57.7 Å². The number of hydrogen-bond donors (Lipinski definition) is 2. The maximum absolute atomic E-state index is 13.0. The average molecular weight is 454 g/mol. The van der Waals surface area contributed by atoms with Gasteiger partial charge in [-0.2, -0.15) is 0 Å². The third-order valence-electron chi connectivity index (χ3n) is 6.31. The summed E-state index contributed by atoms with van der Waals surface area (Å²) in [6, 6.07) is 8.77. The van der Waals surface area contributed by atoms with Crippen LogP contribution in [0.1, 0.15) is 56.5 Å². The molecule has 0 amide bonds. The van der Waals surface area contributed by atoms with Gasteiger partial charge in [-0.1, -0.05) is 36.5 Å². The van der Waals surface area contributed by atoms with E-state index in [1.807, 2.05) is 27.7 Å². The summed E-state index contributed by atoms with van der Waals surface area (Å²) in [4.78, 5) is 10.2. The van der Waals surface area contributed by atoms with Crippen LogP contribution < -0.4 is 9.62 Å². The second kappa shape index (κ2) is 9.22. The minimum Gasteiger partial charge on any atom is -0.598 e. The summed E-state index contributed by atoms with van der Waals surface area (Å²) in [5.41, 5.74) is 3.82. The van der Waals surface area contributed by atoms with E-state index < -0.39 is 11.4 Å². The van der Waals surface area contributed by atoms with Crippen molar-refractivity contribution in [1.82, 2.24) is 14.7 Å². The van der Waals surface area contributed by atoms with Gasteiger partial charge in [0.2, 0.25) is 0 Å². The topological polar surface area (TPSA) is 67.0 Å². The minimum absolute atomic E-state index is 0. The Morgan fingerprint density at radius 2 is 1.93 bits per heavy atom. The van der Waals surface area contributed by atoms with Crippen molar-refractivity contribution < 1.29 is 4.55 Å². The molecule has 1 aliphatic carbocycles. The van der Waals surface area contributed by atoms with Gasteiger partial charge in [-0.15, -0.1) is 4.72 Å². The van der Waals surface area contributed by atoms with Gasteiger partial charge in [0, 0.05) is 59.4 Å². The van der Waals surface area contributed by atoms with Crippen LogP contribution in [0.3, 0.4) is 0 Å². The first-order valence-electron chi connectivity index (χ1n) is 10.3. The number of anilines is 1. The fourth-order valence-corrected chi connectivity index (χ4v) is 5.85. The van der Waals surface area contributed by atoms with E-state index in [0.29, 0.717) is 4.64 Å². The Bertz CT molecular complexity index is 951. The number of aromatic nitrogens is 2. The molecule has 1 aliphatic heterocycles. The molecule has 1 aromatic carbocycles. The Balaban J connectivity index is 0.00000256. The van der Waals surface area contributed by atoms with Crippen LogP contribution in [0.5, 0.6) is 0 Å². The van der Waals surface area contributed by atoms with Crippen molar-refractivity contribution in [2.75, 3.05) is 18.0 Å². The second-order valence-electron chi connectivity index (χ2n) is 9.35. The SMILES string of the molecule is Cc1[nH]c(=S)cnc1N1CCC2(CC1)Cc1ccccc1[C@H]2N[S+]([O-])C(C)(C)C.[Na]. The fourth-order valence-electron chi connectivity index (χ4n) is 4.70. The number of piperidine rings is 1. The van der Waals surface area contributed by atoms with Gasteiger partial charge in [-0.25, -0.2) is 4.98 Å². The summed E-state index contributed by atoms with van der Waals surface area (Å²) >= 11 is 4.09. The number of fused-ring (bicyclic) bond motifs is 1. The summed E-state index contributed by atoms with van der Waals surface area (Å²) in [7, 11) is 0. The molecule has 157 valence electrons. The van der Waals surface area contributed by atoms with E-state index in [1.165, 1.54) is 11.1 Å². The van der Waals surface area contributed by atoms with E-state index in [0.717, 1.165) is 43.9 Å². The molecule has 1 aromatic heterocycles. The predicted octanol–water partition coefficient (Wildman–Crippen LogP) is 4.00. The summed E-state index contributed by atoms with van der Waals surface area (Å²) in [6.45, 7) is 9.99. The monoisotopic (exact) mass is 453 g/mol. The molecule has 0 saturated carbocycles. The average Bonchev–Trinajstić information content (AvgIpc) is 2.95. The first kappa shape index (κ1) is 24.2. The summed E-state index contributed by atoms with van der Waals surface area (Å²) in [5.74, 6) is 0.992. The van der Waals surface area contributed by atoms with E-state index in [1.54, 1.807) is 6.20 Å². The van der Waals surface area contributed by atoms with Crippen LogP contribution >= 0.6 is 12.2 Å². The third kappa shape index (κ3) is 4.68. The molecule has 8 heteroatoms. The minimum atomic E-state index is -1.11. The molecule has 2 N–H and O–H groups in total. The zero-order valence-corrected chi connectivity index (χ0v) is 22.3. The molecule has 2 heterocycles. The van der Waals surface area contributed by atoms with Crippen molar-refractivity contribution in [3.63, 3.8) is 0 Å². The number of aromatic amines is 1. The maximum atomic E-state index is 13.0. The van der Waals surface area contributed by atoms with Crippen LogP contribution in [0.25, 0.3) is 0 Å². The standard InChI is InChI=1S/C22H30N4OS2.Na/c1-15-20(23-14-18(28)24-15)26-11-9-22(10-12-26)13-16-7-5-6-8-17(16)19(22)25-29(27)21(2,3)4;/h5-8,14,19,25H,9-13H2,1-4H3,(H,24,28);/t19-,29?;/m1./s1. The Kier molecular flexibility index (Phi) is 7.45. The van der Waals surface area contributed by atoms with Crippen LogP contribution in [0.4, 0.5) is 5.82 Å². The first-order valence-corrected chi connectivity index (χ1v) is 11.8. The molecule has 1 saturated heterocycles. The number of benzene rings is 1. The van der Waals surface area contributed by atoms with Crippen molar-refractivity contribution in [2.24, 2.45) is 5.41 Å². The third-order valence-corrected chi connectivity index (χ3v) is 8.08. The van der Waals surface area contributed by atoms with Crippen LogP contribution in [0, 0.1) is 17.0 Å². The van der Waals surface area contributed by atoms with E-state index in [4.69, 9.17) is 12.2 Å². The molecule has 2 aromatic rings. The smallest absolute Gasteiger partial charge is 0.147 e. The molecule has 1 fully saturated rings. The zero-order chi connectivity index (χ0) is 20.8. The number of H-pyrrole nitrogens is 1. The van der Waals surface area contributed by atoms with Crippen molar-refractivity contribution >= 4 is 59.0 Å². The van der Waals surface area contributed by atoms with E-state index >= 15 is 0 Å². The number of nitrogens with one attached hydrogen (secondary N) is 2. The first-order chi connectivity index (χ1) is 13.7. The molecule has 4 rings (SSSR count). The van der Waals surface area contributed by atoms with Crippen LogP contribution in [-0.2, 0) is 17.8 Å². The zero-order valence-electron chi connectivity index (χ0n) is 18.6. The Morgan fingerprint density at radius 3 is 2.57 bits per heavy atom. The number of nitrogens with zero attached hydrogens (tertiary/aromatic N) is 2. The molecule has 1 unspecified atom stereocenters. The van der Waals surface area contributed by atoms with Crippen molar-refractivity contribution in [3.05, 3.63) is 51.9 Å². The molecular weight excluding hydrogens is 423 g/mol. The molecule has 5 nitrogen and oxygen atoms in total. The summed E-state index contributed by atoms with van der Waals surface area (Å²) < 4.78 is 16.9. The Hall–Kier alpha value is -0.410. The van der Waals surface area contributed by atoms with E-state index in [-0.39, 0.29) is 45.8 Å². The second-order valence-corrected chi connectivity index (χ2v) is 11.8. The predicted molar refractivity (Wildman–Crippen MR) is 128 cm³/mol.